The number of aromatic hydroxyl groups is 1. The van der Waals surface area contributed by atoms with Gasteiger partial charge in [0.05, 0.1) is 0 Å². The first-order chi connectivity index (χ1) is 7.24. The Labute approximate surface area is 90.4 Å². The first-order valence-electron chi connectivity index (χ1n) is 5.45. The van der Waals surface area contributed by atoms with E-state index < -0.39 is 0 Å². The SMILES string of the molecule is NC1CC=C(Cc2cccc(O)c2)CC1. The van der Waals surface area contributed by atoms with Crippen molar-refractivity contribution >= 4 is 0 Å². The number of hydrogen-bond acceptors (Lipinski definition) is 2. The van der Waals surface area contributed by atoms with Crippen molar-refractivity contribution in [1.82, 2.24) is 0 Å². The van der Waals surface area contributed by atoms with Crippen molar-refractivity contribution in [2.75, 3.05) is 0 Å². The van der Waals surface area contributed by atoms with Crippen LogP contribution in [-0.4, -0.2) is 11.1 Å². The lowest BCUT2D eigenvalue weighted by molar-refractivity contribution is 0.474. The summed E-state index contributed by atoms with van der Waals surface area (Å²) in [5, 5.41) is 9.35. The Morgan fingerprint density at radius 2 is 2.27 bits per heavy atom. The number of phenolic OH excluding ortho intramolecular Hbond substituents is 1. The first kappa shape index (κ1) is 10.2. The summed E-state index contributed by atoms with van der Waals surface area (Å²) in [6.45, 7) is 0. The highest BCUT2D eigenvalue weighted by Crippen LogP contribution is 2.22. The quantitative estimate of drug-likeness (QED) is 0.725. The summed E-state index contributed by atoms with van der Waals surface area (Å²) in [6, 6.07) is 7.82. The predicted molar refractivity (Wildman–Crippen MR) is 61.7 cm³/mol. The summed E-state index contributed by atoms with van der Waals surface area (Å²) >= 11 is 0. The van der Waals surface area contributed by atoms with Crippen molar-refractivity contribution in [1.29, 1.82) is 0 Å². The fourth-order valence-electron chi connectivity index (χ4n) is 2.00. The Morgan fingerprint density at radius 1 is 1.40 bits per heavy atom. The maximum atomic E-state index is 9.35. The van der Waals surface area contributed by atoms with Gasteiger partial charge in [-0.1, -0.05) is 23.8 Å². The van der Waals surface area contributed by atoms with Gasteiger partial charge in [0, 0.05) is 6.04 Å². The molecule has 1 aromatic rings. The minimum absolute atomic E-state index is 0.345. The van der Waals surface area contributed by atoms with Crippen LogP contribution >= 0.6 is 0 Å². The summed E-state index contributed by atoms with van der Waals surface area (Å²) < 4.78 is 0. The number of rotatable bonds is 2. The maximum absolute atomic E-state index is 9.35. The molecule has 2 rings (SSSR count). The summed E-state index contributed by atoms with van der Waals surface area (Å²) in [5.74, 6) is 0.348. The average Bonchev–Trinajstić information content (AvgIpc) is 2.22. The second kappa shape index (κ2) is 4.49. The van der Waals surface area contributed by atoms with Gasteiger partial charge in [0.2, 0.25) is 0 Å². The molecule has 0 fully saturated rings. The van der Waals surface area contributed by atoms with Crippen LogP contribution in [0.5, 0.6) is 5.75 Å². The van der Waals surface area contributed by atoms with Gasteiger partial charge in [-0.3, -0.25) is 0 Å². The number of benzene rings is 1. The van der Waals surface area contributed by atoms with E-state index in [9.17, 15) is 5.11 Å². The zero-order valence-electron chi connectivity index (χ0n) is 8.82. The van der Waals surface area contributed by atoms with Gasteiger partial charge in [0.15, 0.2) is 0 Å². The molecule has 0 saturated heterocycles. The van der Waals surface area contributed by atoms with Crippen LogP contribution in [0.4, 0.5) is 0 Å². The maximum Gasteiger partial charge on any atom is 0.115 e. The Bertz CT molecular complexity index is 371. The van der Waals surface area contributed by atoms with E-state index in [1.54, 1.807) is 6.07 Å². The Morgan fingerprint density at radius 3 is 2.93 bits per heavy atom. The number of allylic oxidation sites excluding steroid dienone is 1. The van der Waals surface area contributed by atoms with Crippen molar-refractivity contribution in [2.45, 2.75) is 31.7 Å². The Hall–Kier alpha value is -1.28. The van der Waals surface area contributed by atoms with Crippen LogP contribution in [0, 0.1) is 0 Å². The molecule has 3 N–H and O–H groups in total. The summed E-state index contributed by atoms with van der Waals surface area (Å²) in [7, 11) is 0. The van der Waals surface area contributed by atoms with Gasteiger partial charge in [0.25, 0.3) is 0 Å². The van der Waals surface area contributed by atoms with Crippen molar-refractivity contribution in [3.05, 3.63) is 41.5 Å². The van der Waals surface area contributed by atoms with Gasteiger partial charge in [0.1, 0.15) is 5.75 Å². The molecule has 1 aromatic carbocycles. The van der Waals surface area contributed by atoms with Crippen molar-refractivity contribution in [3.8, 4) is 5.75 Å². The van der Waals surface area contributed by atoms with Crippen molar-refractivity contribution < 1.29 is 5.11 Å². The molecule has 0 heterocycles. The molecule has 0 amide bonds. The van der Waals surface area contributed by atoms with E-state index in [0.717, 1.165) is 25.7 Å². The van der Waals surface area contributed by atoms with Gasteiger partial charge < -0.3 is 10.8 Å². The average molecular weight is 203 g/mol. The van der Waals surface area contributed by atoms with Gasteiger partial charge in [-0.05, 0) is 43.4 Å². The minimum atomic E-state index is 0.345. The Balaban J connectivity index is 2.03. The van der Waals surface area contributed by atoms with E-state index in [-0.39, 0.29) is 0 Å². The van der Waals surface area contributed by atoms with Gasteiger partial charge in [-0.15, -0.1) is 0 Å². The highest BCUT2D eigenvalue weighted by molar-refractivity contribution is 5.30. The van der Waals surface area contributed by atoms with E-state index in [2.05, 4.69) is 12.1 Å². The predicted octanol–water partition coefficient (Wildman–Crippen LogP) is 2.37. The zero-order valence-corrected chi connectivity index (χ0v) is 8.82. The van der Waals surface area contributed by atoms with Crippen LogP contribution in [0.1, 0.15) is 24.8 Å². The molecular formula is C13H17NO. The van der Waals surface area contributed by atoms with Crippen LogP contribution in [0.2, 0.25) is 0 Å². The molecule has 0 bridgehead atoms. The van der Waals surface area contributed by atoms with Crippen LogP contribution in [0.3, 0.4) is 0 Å². The number of hydrogen-bond donors (Lipinski definition) is 2. The van der Waals surface area contributed by atoms with E-state index in [1.807, 2.05) is 12.1 Å². The standard InChI is InChI=1S/C13H17NO/c14-12-6-4-10(5-7-12)8-11-2-1-3-13(15)9-11/h1-4,9,12,15H,5-8,14H2. The largest absolute Gasteiger partial charge is 0.508 e. The lowest BCUT2D eigenvalue weighted by Gasteiger charge is -2.18. The number of nitrogens with two attached hydrogens (primary N) is 1. The molecular weight excluding hydrogens is 186 g/mol. The van der Waals surface area contributed by atoms with Gasteiger partial charge in [-0.2, -0.15) is 0 Å². The lowest BCUT2D eigenvalue weighted by atomic mass is 9.92. The van der Waals surface area contributed by atoms with E-state index in [4.69, 9.17) is 5.73 Å². The molecule has 1 unspecified atom stereocenters. The van der Waals surface area contributed by atoms with Gasteiger partial charge in [-0.25, -0.2) is 0 Å². The topological polar surface area (TPSA) is 46.2 Å². The highest BCUT2D eigenvalue weighted by atomic mass is 16.3. The van der Waals surface area contributed by atoms with Crippen LogP contribution in [0.25, 0.3) is 0 Å². The second-order valence-electron chi connectivity index (χ2n) is 4.24. The molecule has 2 heteroatoms. The van der Waals surface area contributed by atoms with E-state index >= 15 is 0 Å². The fraction of sp³-hybridized carbons (Fsp3) is 0.385. The molecule has 80 valence electrons. The second-order valence-corrected chi connectivity index (χ2v) is 4.24. The molecule has 0 saturated carbocycles. The van der Waals surface area contributed by atoms with Gasteiger partial charge >= 0.3 is 0 Å². The van der Waals surface area contributed by atoms with Crippen molar-refractivity contribution in [2.24, 2.45) is 5.73 Å². The summed E-state index contributed by atoms with van der Waals surface area (Å²) in [6.07, 6.45) is 6.37. The third-order valence-electron chi connectivity index (χ3n) is 2.89. The zero-order chi connectivity index (χ0) is 10.7. The normalized spacial score (nSPS) is 21.1. The fourth-order valence-corrected chi connectivity index (χ4v) is 2.00. The summed E-state index contributed by atoms with van der Waals surface area (Å²) in [5.41, 5.74) is 8.45. The lowest BCUT2D eigenvalue weighted by Crippen LogP contribution is -2.22. The minimum Gasteiger partial charge on any atom is -0.508 e. The van der Waals surface area contributed by atoms with Crippen LogP contribution < -0.4 is 5.73 Å². The molecule has 15 heavy (non-hydrogen) atoms. The molecule has 1 aliphatic rings. The highest BCUT2D eigenvalue weighted by Gasteiger charge is 2.10. The molecule has 0 aliphatic heterocycles. The Kier molecular flexibility index (Phi) is 3.07. The number of phenols is 1. The van der Waals surface area contributed by atoms with E-state index in [0.29, 0.717) is 11.8 Å². The summed E-state index contributed by atoms with van der Waals surface area (Å²) in [4.78, 5) is 0. The van der Waals surface area contributed by atoms with Crippen molar-refractivity contribution in [3.63, 3.8) is 0 Å². The third kappa shape index (κ3) is 2.83. The molecule has 0 aromatic heterocycles. The monoisotopic (exact) mass is 203 g/mol. The molecule has 2 nitrogen and oxygen atoms in total. The van der Waals surface area contributed by atoms with Crippen LogP contribution in [0.15, 0.2) is 35.9 Å². The molecule has 1 atom stereocenters. The molecule has 0 radical (unpaired) electrons. The van der Waals surface area contributed by atoms with Crippen LogP contribution in [-0.2, 0) is 6.42 Å². The molecule has 0 spiro atoms. The molecule has 1 aliphatic carbocycles. The third-order valence-corrected chi connectivity index (χ3v) is 2.89. The first-order valence-corrected chi connectivity index (χ1v) is 5.45. The van der Waals surface area contributed by atoms with E-state index in [1.165, 1.54) is 11.1 Å². The smallest absolute Gasteiger partial charge is 0.115 e.